The monoisotopic (exact) mass is 271 g/mol. The molecule has 1 aromatic rings. The van der Waals surface area contributed by atoms with Crippen LogP contribution >= 0.6 is 11.6 Å². The Balaban J connectivity index is 2.26. The molecular formula is C11H14ClN3O3. The van der Waals surface area contributed by atoms with Crippen molar-refractivity contribution in [1.29, 1.82) is 0 Å². The van der Waals surface area contributed by atoms with Gasteiger partial charge < -0.3 is 10.1 Å². The van der Waals surface area contributed by atoms with E-state index in [1.165, 1.54) is 4.68 Å². The van der Waals surface area contributed by atoms with Gasteiger partial charge in [0.15, 0.2) is 0 Å². The molecule has 0 aromatic carbocycles. The van der Waals surface area contributed by atoms with Gasteiger partial charge in [-0.2, -0.15) is 5.10 Å². The van der Waals surface area contributed by atoms with Crippen molar-refractivity contribution in [3.05, 3.63) is 16.9 Å². The van der Waals surface area contributed by atoms with Crippen LogP contribution in [0.2, 0.25) is 5.15 Å². The molecule has 0 radical (unpaired) electrons. The van der Waals surface area contributed by atoms with E-state index in [0.717, 1.165) is 0 Å². The van der Waals surface area contributed by atoms with Crippen molar-refractivity contribution in [1.82, 2.24) is 15.1 Å². The minimum atomic E-state index is -0.837. The van der Waals surface area contributed by atoms with E-state index in [1.54, 1.807) is 20.0 Å². The molecule has 7 heteroatoms. The number of hydrogen-bond donors (Lipinski definition) is 1. The van der Waals surface area contributed by atoms with Crippen LogP contribution in [-0.2, 0) is 21.4 Å². The Labute approximate surface area is 109 Å². The molecule has 1 unspecified atom stereocenters. The fraction of sp³-hybridized carbons (Fsp3) is 0.545. The van der Waals surface area contributed by atoms with Gasteiger partial charge in [-0.25, -0.2) is 0 Å². The maximum Gasteiger partial charge on any atom is 0.319 e. The van der Waals surface area contributed by atoms with Gasteiger partial charge in [0, 0.05) is 19.5 Å². The number of nitrogens with zero attached hydrogens (tertiary/aromatic N) is 2. The van der Waals surface area contributed by atoms with Crippen LogP contribution in [0.4, 0.5) is 0 Å². The first-order chi connectivity index (χ1) is 8.54. The molecule has 1 aliphatic heterocycles. The quantitative estimate of drug-likeness (QED) is 0.641. The number of nitrogens with one attached hydrogen (secondary N) is 1. The molecule has 2 atom stereocenters. The highest BCUT2D eigenvalue weighted by Gasteiger charge is 2.43. The summed E-state index contributed by atoms with van der Waals surface area (Å²) in [7, 11) is 1.70. The third-order valence-electron chi connectivity index (χ3n) is 2.94. The van der Waals surface area contributed by atoms with Gasteiger partial charge in [-0.05, 0) is 13.0 Å². The first-order valence-corrected chi connectivity index (χ1v) is 6.06. The van der Waals surface area contributed by atoms with Crippen molar-refractivity contribution >= 4 is 23.5 Å². The Morgan fingerprint density at radius 1 is 1.72 bits per heavy atom. The highest BCUT2D eigenvalue weighted by Crippen LogP contribution is 2.30. The van der Waals surface area contributed by atoms with Crippen molar-refractivity contribution in [3.63, 3.8) is 0 Å². The number of amides is 1. The van der Waals surface area contributed by atoms with Crippen LogP contribution < -0.4 is 5.32 Å². The lowest BCUT2D eigenvalue weighted by molar-refractivity contribution is -0.151. The van der Waals surface area contributed by atoms with Crippen LogP contribution in [0.1, 0.15) is 18.5 Å². The molecule has 6 nitrogen and oxygen atoms in total. The van der Waals surface area contributed by atoms with E-state index in [1.807, 2.05) is 0 Å². The summed E-state index contributed by atoms with van der Waals surface area (Å²) < 4.78 is 6.42. The van der Waals surface area contributed by atoms with E-state index in [4.69, 9.17) is 16.3 Å². The molecule has 1 aliphatic rings. The number of aryl methyl sites for hydroxylation is 1. The molecular weight excluding hydrogens is 258 g/mol. The van der Waals surface area contributed by atoms with E-state index in [-0.39, 0.29) is 18.4 Å². The fourth-order valence-corrected chi connectivity index (χ4v) is 2.20. The molecule has 0 bridgehead atoms. The second-order valence-corrected chi connectivity index (χ2v) is 4.48. The van der Waals surface area contributed by atoms with E-state index in [0.29, 0.717) is 17.4 Å². The van der Waals surface area contributed by atoms with Crippen LogP contribution in [0.15, 0.2) is 6.07 Å². The first-order valence-electron chi connectivity index (χ1n) is 5.68. The van der Waals surface area contributed by atoms with Gasteiger partial charge in [0.1, 0.15) is 11.1 Å². The molecule has 0 aliphatic carbocycles. The molecule has 98 valence electrons. The zero-order valence-electron chi connectivity index (χ0n) is 10.1. The molecule has 1 fully saturated rings. The smallest absolute Gasteiger partial charge is 0.319 e. The Hall–Kier alpha value is -1.56. The summed E-state index contributed by atoms with van der Waals surface area (Å²) in [4.78, 5) is 23.5. The van der Waals surface area contributed by atoms with E-state index < -0.39 is 11.9 Å². The summed E-state index contributed by atoms with van der Waals surface area (Å²) in [5.74, 6) is -1.99. The molecule has 1 N–H and O–H groups in total. The van der Waals surface area contributed by atoms with Crippen molar-refractivity contribution in [3.8, 4) is 0 Å². The number of ether oxygens (including phenoxy) is 1. The lowest BCUT2D eigenvalue weighted by Crippen LogP contribution is -2.29. The van der Waals surface area contributed by atoms with Gasteiger partial charge in [-0.15, -0.1) is 0 Å². The second-order valence-electron chi connectivity index (χ2n) is 4.10. The minimum absolute atomic E-state index is 0.248. The largest absolute Gasteiger partial charge is 0.465 e. The van der Waals surface area contributed by atoms with E-state index in [9.17, 15) is 9.59 Å². The van der Waals surface area contributed by atoms with Gasteiger partial charge in [0.25, 0.3) is 0 Å². The molecule has 1 amide bonds. The standard InChI is InChI=1S/C11H14ClN3O3/c1-3-18-11(17)9-6(5-13-10(9)16)7-4-8(12)15(2)14-7/h4,6,9H,3,5H2,1-2H3,(H,13,16)/t6-,9?/m1/s1. The SMILES string of the molecule is CCOC(=O)C1C(=O)NC[C@@H]1c1cc(Cl)n(C)n1. The first kappa shape index (κ1) is 12.9. The maximum absolute atomic E-state index is 11.8. The zero-order chi connectivity index (χ0) is 13.3. The number of rotatable bonds is 3. The minimum Gasteiger partial charge on any atom is -0.465 e. The van der Waals surface area contributed by atoms with E-state index in [2.05, 4.69) is 10.4 Å². The highest BCUT2D eigenvalue weighted by atomic mass is 35.5. The molecule has 0 saturated carbocycles. The van der Waals surface area contributed by atoms with Crippen LogP contribution in [-0.4, -0.2) is 34.8 Å². The molecule has 2 heterocycles. The predicted molar refractivity (Wildman–Crippen MR) is 64.1 cm³/mol. The molecule has 18 heavy (non-hydrogen) atoms. The Morgan fingerprint density at radius 2 is 2.44 bits per heavy atom. The third-order valence-corrected chi connectivity index (χ3v) is 3.30. The number of esters is 1. The summed E-state index contributed by atoms with van der Waals surface area (Å²) in [6, 6.07) is 1.67. The van der Waals surface area contributed by atoms with Gasteiger partial charge >= 0.3 is 5.97 Å². The molecule has 2 rings (SSSR count). The normalized spacial score (nSPS) is 22.9. The molecule has 1 saturated heterocycles. The molecule has 0 spiro atoms. The fourth-order valence-electron chi connectivity index (χ4n) is 2.05. The average molecular weight is 272 g/mol. The maximum atomic E-state index is 11.8. The number of hydrogen-bond acceptors (Lipinski definition) is 4. The number of aromatic nitrogens is 2. The lowest BCUT2D eigenvalue weighted by atomic mass is 9.92. The van der Waals surface area contributed by atoms with Crippen molar-refractivity contribution in [2.75, 3.05) is 13.2 Å². The van der Waals surface area contributed by atoms with Crippen molar-refractivity contribution in [2.45, 2.75) is 12.8 Å². The Morgan fingerprint density at radius 3 is 3.00 bits per heavy atom. The van der Waals surface area contributed by atoms with Gasteiger partial charge in [0.05, 0.1) is 12.3 Å². The summed E-state index contributed by atoms with van der Waals surface area (Å²) in [5.41, 5.74) is 0.624. The second kappa shape index (κ2) is 4.97. The summed E-state index contributed by atoms with van der Waals surface area (Å²) in [6.45, 7) is 2.32. The lowest BCUT2D eigenvalue weighted by Gasteiger charge is -2.12. The van der Waals surface area contributed by atoms with Crippen LogP contribution in [0, 0.1) is 5.92 Å². The van der Waals surface area contributed by atoms with Crippen LogP contribution in [0.5, 0.6) is 0 Å². The molecule has 1 aromatic heterocycles. The highest BCUT2D eigenvalue weighted by molar-refractivity contribution is 6.29. The van der Waals surface area contributed by atoms with Crippen LogP contribution in [0.3, 0.4) is 0 Å². The topological polar surface area (TPSA) is 73.2 Å². The van der Waals surface area contributed by atoms with Gasteiger partial charge in [0.2, 0.25) is 5.91 Å². The van der Waals surface area contributed by atoms with E-state index >= 15 is 0 Å². The number of carbonyl (C=O) groups excluding carboxylic acids is 2. The number of halogens is 1. The zero-order valence-corrected chi connectivity index (χ0v) is 10.9. The number of carbonyl (C=O) groups is 2. The third kappa shape index (κ3) is 2.20. The summed E-state index contributed by atoms with van der Waals surface area (Å²) >= 11 is 5.91. The summed E-state index contributed by atoms with van der Waals surface area (Å²) in [6.07, 6.45) is 0. The van der Waals surface area contributed by atoms with Gasteiger partial charge in [-0.3, -0.25) is 14.3 Å². The summed E-state index contributed by atoms with van der Waals surface area (Å²) in [5, 5.41) is 7.32. The van der Waals surface area contributed by atoms with Crippen molar-refractivity contribution < 1.29 is 14.3 Å². The van der Waals surface area contributed by atoms with Gasteiger partial charge in [-0.1, -0.05) is 11.6 Å². The Kier molecular flexibility index (Phi) is 3.56. The predicted octanol–water partition coefficient (Wildman–Crippen LogP) is 0.466. The average Bonchev–Trinajstić information content (AvgIpc) is 2.84. The van der Waals surface area contributed by atoms with Crippen LogP contribution in [0.25, 0.3) is 0 Å². The Bertz CT molecular complexity index is 466. The van der Waals surface area contributed by atoms with Crippen molar-refractivity contribution in [2.24, 2.45) is 13.0 Å².